The fourth-order valence-electron chi connectivity index (χ4n) is 5.74. The Morgan fingerprint density at radius 3 is 2.54 bits per heavy atom. The molecule has 13 heteroatoms. The Balaban J connectivity index is 1.26. The average molecular weight is 672 g/mol. The molecule has 3 aromatic carbocycles. The molecule has 3 aromatic rings. The second kappa shape index (κ2) is 13.2. The van der Waals surface area contributed by atoms with Gasteiger partial charge in [0.1, 0.15) is 17.1 Å². The summed E-state index contributed by atoms with van der Waals surface area (Å²) in [6, 6.07) is 13.2. The summed E-state index contributed by atoms with van der Waals surface area (Å²) in [6.45, 7) is 0.952. The van der Waals surface area contributed by atoms with Gasteiger partial charge in [-0.25, -0.2) is 4.39 Å². The minimum atomic E-state index is -0.619. The molecule has 2 fully saturated rings. The summed E-state index contributed by atoms with van der Waals surface area (Å²) in [5.74, 6) is -1.27. The van der Waals surface area contributed by atoms with E-state index in [0.717, 1.165) is 0 Å². The van der Waals surface area contributed by atoms with E-state index < -0.39 is 30.0 Å². The maximum atomic E-state index is 15.5. The van der Waals surface area contributed by atoms with Crippen LogP contribution in [0.15, 0.2) is 60.3 Å². The Hall–Kier alpha value is -3.71. The van der Waals surface area contributed by atoms with Crippen LogP contribution >= 0.6 is 23.2 Å². The standard InChI is InChI=1S/C33H33Cl2FN4O6/c1-39-15-22(31(43)40(2)33-32(39)46-33)30(42)38-24-9-5-8-20(29(24)35)19-7-4-6-18(28(19)34)17-12-23(36)21(27(13-17)44-3)14-37-25-16-45-11-10-26(25)41/h4-9,12-13,15,25-26,32-33,37,41H,10-11,14,16H2,1-3H3,(H,38,42)/t25-,26-,32?,33?/m1/s1. The number of hydrogen-bond donors (Lipinski definition) is 3. The molecule has 0 saturated carbocycles. The van der Waals surface area contributed by atoms with Crippen molar-refractivity contribution in [2.45, 2.75) is 37.6 Å². The number of nitrogens with one attached hydrogen (secondary N) is 2. The van der Waals surface area contributed by atoms with Crippen molar-refractivity contribution in [2.75, 3.05) is 39.7 Å². The highest BCUT2D eigenvalue weighted by atomic mass is 35.5. The SMILES string of the molecule is COc1cc(-c2cccc(-c3cccc(NC(=O)C4=CN(C)C5OC5N(C)C4=O)c3Cl)c2Cl)cc(F)c1CN[C@@H]1COCC[C@H]1O. The highest BCUT2D eigenvalue weighted by Crippen LogP contribution is 2.43. The van der Waals surface area contributed by atoms with E-state index in [2.05, 4.69) is 10.6 Å². The van der Waals surface area contributed by atoms with Crippen molar-refractivity contribution in [3.05, 3.63) is 81.7 Å². The van der Waals surface area contributed by atoms with Crippen LogP contribution in [0.1, 0.15) is 12.0 Å². The van der Waals surface area contributed by atoms with E-state index in [-0.39, 0.29) is 35.1 Å². The number of amides is 2. The molecule has 0 radical (unpaired) electrons. The maximum absolute atomic E-state index is 15.5. The third-order valence-electron chi connectivity index (χ3n) is 8.44. The first kappa shape index (κ1) is 32.2. The lowest BCUT2D eigenvalue weighted by Gasteiger charge is -2.29. The molecule has 3 heterocycles. The first-order chi connectivity index (χ1) is 22.1. The fraction of sp³-hybridized carbons (Fsp3) is 0.333. The number of benzene rings is 3. The van der Waals surface area contributed by atoms with E-state index in [9.17, 15) is 14.7 Å². The summed E-state index contributed by atoms with van der Waals surface area (Å²) in [5, 5.41) is 16.7. The second-order valence-corrected chi connectivity index (χ2v) is 12.1. The van der Waals surface area contributed by atoms with Gasteiger partial charge in [0.2, 0.25) is 0 Å². The number of anilines is 1. The number of carbonyl (C=O) groups is 2. The third kappa shape index (κ3) is 6.18. The zero-order valence-electron chi connectivity index (χ0n) is 25.4. The van der Waals surface area contributed by atoms with Crippen LogP contribution in [0.2, 0.25) is 10.0 Å². The first-order valence-electron chi connectivity index (χ1n) is 14.7. The van der Waals surface area contributed by atoms with Crippen molar-refractivity contribution < 1.29 is 33.3 Å². The molecule has 0 aromatic heterocycles. The van der Waals surface area contributed by atoms with Crippen LogP contribution in [0.5, 0.6) is 5.75 Å². The zero-order chi connectivity index (χ0) is 32.7. The van der Waals surface area contributed by atoms with Gasteiger partial charge in [-0.15, -0.1) is 0 Å². The minimum Gasteiger partial charge on any atom is -0.496 e. The summed E-state index contributed by atoms with van der Waals surface area (Å²) in [7, 11) is 4.78. The number of epoxide rings is 1. The van der Waals surface area contributed by atoms with Gasteiger partial charge in [-0.1, -0.05) is 53.5 Å². The molecule has 2 unspecified atom stereocenters. The zero-order valence-corrected chi connectivity index (χ0v) is 26.9. The maximum Gasteiger partial charge on any atom is 0.262 e. The molecule has 10 nitrogen and oxygen atoms in total. The number of hydrogen-bond acceptors (Lipinski definition) is 8. The molecule has 242 valence electrons. The number of fused-ring (bicyclic) bond motifs is 1. The van der Waals surface area contributed by atoms with Crippen molar-refractivity contribution >= 4 is 40.7 Å². The molecule has 6 rings (SSSR count). The van der Waals surface area contributed by atoms with E-state index in [1.54, 1.807) is 61.5 Å². The molecule has 0 bridgehead atoms. The van der Waals surface area contributed by atoms with Crippen LogP contribution in [0.4, 0.5) is 10.1 Å². The number of likely N-dealkylation sites (N-methyl/N-ethyl adjacent to an activating group) is 2. The first-order valence-corrected chi connectivity index (χ1v) is 15.5. The number of carbonyl (C=O) groups excluding carboxylic acids is 2. The summed E-state index contributed by atoms with van der Waals surface area (Å²) in [4.78, 5) is 29.3. The van der Waals surface area contributed by atoms with Gasteiger partial charge >= 0.3 is 0 Å². The predicted molar refractivity (Wildman–Crippen MR) is 172 cm³/mol. The van der Waals surface area contributed by atoms with Crippen LogP contribution in [0, 0.1) is 5.82 Å². The van der Waals surface area contributed by atoms with Gasteiger partial charge in [0.25, 0.3) is 11.8 Å². The van der Waals surface area contributed by atoms with Crippen molar-refractivity contribution in [1.29, 1.82) is 0 Å². The molecular formula is C33H33Cl2FN4O6. The van der Waals surface area contributed by atoms with Gasteiger partial charge in [-0.3, -0.25) is 9.59 Å². The number of aliphatic hydroxyl groups is 1. The number of rotatable bonds is 8. The second-order valence-electron chi connectivity index (χ2n) is 11.4. The van der Waals surface area contributed by atoms with E-state index in [0.29, 0.717) is 58.2 Å². The van der Waals surface area contributed by atoms with Gasteiger partial charge < -0.3 is 39.8 Å². The Kier molecular flexibility index (Phi) is 9.24. The molecule has 3 aliphatic heterocycles. The van der Waals surface area contributed by atoms with Crippen molar-refractivity contribution in [3.8, 4) is 28.0 Å². The highest BCUT2D eigenvalue weighted by molar-refractivity contribution is 6.40. The van der Waals surface area contributed by atoms with E-state index in [4.69, 9.17) is 37.4 Å². The number of nitrogens with zero attached hydrogens (tertiary/aromatic N) is 2. The lowest BCUT2D eigenvalue weighted by atomic mass is 9.97. The summed E-state index contributed by atoms with van der Waals surface area (Å²) >= 11 is 13.8. The van der Waals surface area contributed by atoms with Crippen LogP contribution in [0.25, 0.3) is 22.3 Å². The lowest BCUT2D eigenvalue weighted by molar-refractivity contribution is -0.129. The Labute approximate surface area is 275 Å². The monoisotopic (exact) mass is 670 g/mol. The number of methoxy groups -OCH3 is 1. The molecular weight excluding hydrogens is 638 g/mol. The Morgan fingerprint density at radius 1 is 1.09 bits per heavy atom. The molecule has 0 spiro atoms. The summed E-state index contributed by atoms with van der Waals surface area (Å²) < 4.78 is 32.0. The van der Waals surface area contributed by atoms with E-state index >= 15 is 4.39 Å². The fourth-order valence-corrected chi connectivity index (χ4v) is 6.35. The topological polar surface area (TPSA) is 116 Å². The van der Waals surface area contributed by atoms with Crippen LogP contribution in [0.3, 0.4) is 0 Å². The lowest BCUT2D eigenvalue weighted by Crippen LogP contribution is -2.46. The Morgan fingerprint density at radius 2 is 1.80 bits per heavy atom. The molecule has 2 saturated heterocycles. The van der Waals surface area contributed by atoms with Crippen molar-refractivity contribution in [1.82, 2.24) is 15.1 Å². The largest absolute Gasteiger partial charge is 0.496 e. The normalized spacial score (nSPS) is 22.6. The van der Waals surface area contributed by atoms with Gasteiger partial charge in [-0.05, 0) is 30.2 Å². The highest BCUT2D eigenvalue weighted by Gasteiger charge is 2.50. The van der Waals surface area contributed by atoms with Crippen LogP contribution < -0.4 is 15.4 Å². The average Bonchev–Trinajstić information content (AvgIpc) is 3.86. The summed E-state index contributed by atoms with van der Waals surface area (Å²) in [6.07, 6.45) is 0.683. The van der Waals surface area contributed by atoms with E-state index in [1.165, 1.54) is 24.3 Å². The minimum absolute atomic E-state index is 0.0554. The molecule has 4 atom stereocenters. The van der Waals surface area contributed by atoms with Crippen LogP contribution in [-0.2, 0) is 25.6 Å². The van der Waals surface area contributed by atoms with Crippen molar-refractivity contribution in [2.24, 2.45) is 0 Å². The van der Waals surface area contributed by atoms with Crippen molar-refractivity contribution in [3.63, 3.8) is 0 Å². The smallest absolute Gasteiger partial charge is 0.262 e. The van der Waals surface area contributed by atoms with Gasteiger partial charge in [-0.2, -0.15) is 0 Å². The van der Waals surface area contributed by atoms with Gasteiger partial charge in [0.05, 0.1) is 41.6 Å². The van der Waals surface area contributed by atoms with E-state index in [1.807, 2.05) is 0 Å². The number of aliphatic hydroxyl groups excluding tert-OH is 1. The molecule has 46 heavy (non-hydrogen) atoms. The molecule has 3 N–H and O–H groups in total. The molecule has 0 aliphatic carbocycles. The summed E-state index contributed by atoms with van der Waals surface area (Å²) in [5.41, 5.74) is 2.65. The Bertz CT molecular complexity index is 1720. The number of halogens is 3. The van der Waals surface area contributed by atoms with Gasteiger partial charge in [0, 0.05) is 55.7 Å². The molecule has 2 amide bonds. The third-order valence-corrected chi connectivity index (χ3v) is 9.25. The molecule has 3 aliphatic rings. The van der Waals surface area contributed by atoms with Gasteiger partial charge in [0.15, 0.2) is 12.5 Å². The quantitative estimate of drug-likeness (QED) is 0.235. The predicted octanol–water partition coefficient (Wildman–Crippen LogP) is 4.62. The number of ether oxygens (including phenoxy) is 3. The van der Waals surface area contributed by atoms with Crippen LogP contribution in [-0.4, -0.2) is 85.7 Å².